The van der Waals surface area contributed by atoms with E-state index in [1.807, 2.05) is 23.1 Å². The average molecular weight is 319 g/mol. The molecule has 0 aromatic heterocycles. The number of para-hydroxylation sites is 1. The molecule has 1 aromatic rings. The molecule has 1 aromatic carbocycles. The molecule has 2 aliphatic heterocycles. The summed E-state index contributed by atoms with van der Waals surface area (Å²) in [7, 11) is 0. The third-order valence-corrected chi connectivity index (χ3v) is 4.72. The molecule has 0 radical (unpaired) electrons. The number of thiocarbonyl (C=S) groups is 1. The number of carbonyl (C=O) groups is 2. The summed E-state index contributed by atoms with van der Waals surface area (Å²) in [6.07, 6.45) is 2.67. The van der Waals surface area contributed by atoms with Crippen LogP contribution in [0.25, 0.3) is 0 Å². The Kier molecular flexibility index (Phi) is 3.69. The Labute approximate surface area is 131 Å². The first kappa shape index (κ1) is 14.1. The summed E-state index contributed by atoms with van der Waals surface area (Å²) in [5, 5.41) is 10.7. The molecule has 1 fully saturated rings. The van der Waals surface area contributed by atoms with Gasteiger partial charge in [-0.25, -0.2) is 0 Å². The standard InChI is InChI=1S/C14H12N2O3S2/c17-12(18)8-16-13(19)11(21-14(16)20)7-15-6-5-9-3-1-2-4-10(9)15/h1-4,7H,5-6,8H2,(H,17,18)/p-1/b11-7-. The summed E-state index contributed by atoms with van der Waals surface area (Å²) in [4.78, 5) is 26.3. The van der Waals surface area contributed by atoms with E-state index >= 15 is 0 Å². The first-order valence-corrected chi connectivity index (χ1v) is 7.58. The summed E-state index contributed by atoms with van der Waals surface area (Å²) in [5.41, 5.74) is 2.31. The van der Waals surface area contributed by atoms with Crippen LogP contribution < -0.4 is 10.0 Å². The van der Waals surface area contributed by atoms with Gasteiger partial charge in [0.2, 0.25) is 0 Å². The Morgan fingerprint density at radius 3 is 2.95 bits per heavy atom. The van der Waals surface area contributed by atoms with E-state index in [4.69, 9.17) is 12.2 Å². The first-order valence-electron chi connectivity index (χ1n) is 6.36. The van der Waals surface area contributed by atoms with Crippen LogP contribution in [0.15, 0.2) is 35.4 Å². The normalized spacial score (nSPS) is 19.5. The highest BCUT2D eigenvalue weighted by Crippen LogP contribution is 2.34. The Bertz CT molecular complexity index is 672. The summed E-state index contributed by atoms with van der Waals surface area (Å²) in [6.45, 7) is 0.294. The molecular formula is C14H11N2O3S2-. The minimum atomic E-state index is -1.32. The van der Waals surface area contributed by atoms with Crippen molar-refractivity contribution in [1.82, 2.24) is 4.90 Å². The number of benzene rings is 1. The molecule has 3 rings (SSSR count). The van der Waals surface area contributed by atoms with Crippen LogP contribution in [0.3, 0.4) is 0 Å². The molecule has 21 heavy (non-hydrogen) atoms. The molecule has 7 heteroatoms. The van der Waals surface area contributed by atoms with Gasteiger partial charge in [0, 0.05) is 18.4 Å². The van der Waals surface area contributed by atoms with Crippen molar-refractivity contribution in [2.24, 2.45) is 0 Å². The highest BCUT2D eigenvalue weighted by atomic mass is 32.2. The predicted molar refractivity (Wildman–Crippen MR) is 82.5 cm³/mol. The van der Waals surface area contributed by atoms with Crippen LogP contribution in [-0.4, -0.2) is 34.2 Å². The Balaban J connectivity index is 1.84. The largest absolute Gasteiger partial charge is 0.548 e. The molecule has 108 valence electrons. The Morgan fingerprint density at radius 1 is 1.43 bits per heavy atom. The number of amides is 1. The molecule has 0 aliphatic carbocycles. The van der Waals surface area contributed by atoms with Crippen molar-refractivity contribution < 1.29 is 14.7 Å². The van der Waals surface area contributed by atoms with Gasteiger partial charge < -0.3 is 14.8 Å². The van der Waals surface area contributed by atoms with Gasteiger partial charge in [-0.1, -0.05) is 42.2 Å². The van der Waals surface area contributed by atoms with Crippen LogP contribution in [0.5, 0.6) is 0 Å². The van der Waals surface area contributed by atoms with Gasteiger partial charge in [-0.3, -0.25) is 9.69 Å². The third-order valence-electron chi connectivity index (χ3n) is 3.36. The number of aliphatic carboxylic acids is 1. The Morgan fingerprint density at radius 2 is 2.19 bits per heavy atom. The minimum Gasteiger partial charge on any atom is -0.548 e. The van der Waals surface area contributed by atoms with Gasteiger partial charge in [0.1, 0.15) is 4.32 Å². The van der Waals surface area contributed by atoms with Crippen LogP contribution in [0, 0.1) is 0 Å². The molecule has 1 amide bonds. The van der Waals surface area contributed by atoms with Crippen LogP contribution in [0.2, 0.25) is 0 Å². The van der Waals surface area contributed by atoms with Gasteiger partial charge >= 0.3 is 0 Å². The summed E-state index contributed by atoms with van der Waals surface area (Å²) in [5.74, 6) is -1.70. The molecule has 0 bridgehead atoms. The molecule has 0 unspecified atom stereocenters. The van der Waals surface area contributed by atoms with Crippen molar-refractivity contribution in [3.8, 4) is 0 Å². The number of carboxylic acids is 1. The van der Waals surface area contributed by atoms with Gasteiger partial charge in [0.05, 0.1) is 17.4 Å². The summed E-state index contributed by atoms with van der Waals surface area (Å²) >= 11 is 6.17. The molecule has 5 nitrogen and oxygen atoms in total. The maximum Gasteiger partial charge on any atom is 0.268 e. The van der Waals surface area contributed by atoms with E-state index in [0.29, 0.717) is 4.91 Å². The smallest absolute Gasteiger partial charge is 0.268 e. The summed E-state index contributed by atoms with van der Waals surface area (Å²) in [6, 6.07) is 8.00. The molecule has 2 aliphatic rings. The van der Waals surface area contributed by atoms with E-state index < -0.39 is 12.5 Å². The quantitative estimate of drug-likeness (QED) is 0.597. The van der Waals surface area contributed by atoms with Crippen molar-refractivity contribution in [2.75, 3.05) is 18.0 Å². The maximum absolute atomic E-state index is 12.2. The topological polar surface area (TPSA) is 63.7 Å². The lowest BCUT2D eigenvalue weighted by atomic mass is 10.2. The van der Waals surface area contributed by atoms with E-state index in [2.05, 4.69) is 6.07 Å². The fourth-order valence-corrected chi connectivity index (χ4v) is 3.64. The number of thioether (sulfide) groups is 1. The second-order valence-electron chi connectivity index (χ2n) is 4.70. The molecular weight excluding hydrogens is 308 g/mol. The van der Waals surface area contributed by atoms with Crippen LogP contribution in [0.4, 0.5) is 5.69 Å². The van der Waals surface area contributed by atoms with Crippen molar-refractivity contribution >= 4 is 45.9 Å². The minimum absolute atomic E-state index is 0.253. The van der Waals surface area contributed by atoms with Crippen molar-refractivity contribution in [1.29, 1.82) is 0 Å². The number of carboxylic acid groups (broad SMARTS) is 1. The second-order valence-corrected chi connectivity index (χ2v) is 6.37. The molecule has 1 saturated heterocycles. The fraction of sp³-hybridized carbons (Fsp3) is 0.214. The fourth-order valence-electron chi connectivity index (χ4n) is 2.40. The predicted octanol–water partition coefficient (Wildman–Crippen LogP) is 0.501. The van der Waals surface area contributed by atoms with E-state index in [0.717, 1.165) is 35.3 Å². The van der Waals surface area contributed by atoms with Gasteiger partial charge in [-0.15, -0.1) is 0 Å². The monoisotopic (exact) mass is 319 g/mol. The molecule has 0 saturated carbocycles. The van der Waals surface area contributed by atoms with Gasteiger partial charge in [0.15, 0.2) is 0 Å². The second kappa shape index (κ2) is 5.50. The lowest BCUT2D eigenvalue weighted by Gasteiger charge is -2.16. The maximum atomic E-state index is 12.2. The van der Waals surface area contributed by atoms with E-state index in [1.165, 1.54) is 5.56 Å². The molecule has 0 N–H and O–H groups in total. The van der Waals surface area contributed by atoms with Crippen LogP contribution >= 0.6 is 24.0 Å². The Hall–Kier alpha value is -1.86. The highest BCUT2D eigenvalue weighted by Gasteiger charge is 2.33. The summed E-state index contributed by atoms with van der Waals surface area (Å²) < 4.78 is 0.253. The zero-order chi connectivity index (χ0) is 15.0. The van der Waals surface area contributed by atoms with E-state index in [1.54, 1.807) is 6.20 Å². The van der Waals surface area contributed by atoms with Crippen molar-refractivity contribution in [3.63, 3.8) is 0 Å². The number of anilines is 1. The third kappa shape index (κ3) is 2.66. The van der Waals surface area contributed by atoms with Crippen molar-refractivity contribution in [2.45, 2.75) is 6.42 Å². The number of hydrogen-bond donors (Lipinski definition) is 0. The van der Waals surface area contributed by atoms with Crippen LogP contribution in [-0.2, 0) is 16.0 Å². The van der Waals surface area contributed by atoms with Gasteiger partial charge in [0.25, 0.3) is 5.91 Å². The van der Waals surface area contributed by atoms with E-state index in [-0.39, 0.29) is 10.2 Å². The van der Waals surface area contributed by atoms with Crippen LogP contribution in [0.1, 0.15) is 5.56 Å². The van der Waals surface area contributed by atoms with E-state index in [9.17, 15) is 14.7 Å². The molecule has 0 spiro atoms. The zero-order valence-corrected chi connectivity index (χ0v) is 12.6. The van der Waals surface area contributed by atoms with Crippen molar-refractivity contribution in [3.05, 3.63) is 40.9 Å². The number of hydrogen-bond acceptors (Lipinski definition) is 6. The first-order chi connectivity index (χ1) is 10.1. The lowest BCUT2D eigenvalue weighted by molar-refractivity contribution is -0.305. The number of rotatable bonds is 3. The SMILES string of the molecule is O=C([O-])CN1C(=O)/C(=C/N2CCc3ccccc32)SC1=S. The lowest BCUT2D eigenvalue weighted by Crippen LogP contribution is -2.40. The molecule has 2 heterocycles. The van der Waals surface area contributed by atoms with Gasteiger partial charge in [-0.2, -0.15) is 0 Å². The number of nitrogens with zero attached hydrogens (tertiary/aromatic N) is 2. The number of carbonyl (C=O) groups excluding carboxylic acids is 2. The zero-order valence-electron chi connectivity index (χ0n) is 10.9. The average Bonchev–Trinajstić information content (AvgIpc) is 2.96. The van der Waals surface area contributed by atoms with Gasteiger partial charge in [-0.05, 0) is 18.1 Å². The number of fused-ring (bicyclic) bond motifs is 1. The molecule has 0 atom stereocenters. The highest BCUT2D eigenvalue weighted by molar-refractivity contribution is 8.26.